The van der Waals surface area contributed by atoms with E-state index in [1.54, 1.807) is 7.11 Å². The summed E-state index contributed by atoms with van der Waals surface area (Å²) in [4.78, 5) is 0. The molecule has 2 saturated heterocycles. The fraction of sp³-hybridized carbons (Fsp3) is 0.867. The third-order valence-corrected chi connectivity index (χ3v) is 4.36. The summed E-state index contributed by atoms with van der Waals surface area (Å²) in [5, 5.41) is 0. The van der Waals surface area contributed by atoms with E-state index in [4.69, 9.17) is 18.9 Å². The monoisotopic (exact) mass is 270 g/mol. The summed E-state index contributed by atoms with van der Waals surface area (Å²) in [6.07, 6.45) is 3.06. The Balaban J connectivity index is 2.26. The fourth-order valence-corrected chi connectivity index (χ4v) is 3.43. The van der Waals surface area contributed by atoms with Crippen molar-refractivity contribution in [1.29, 1.82) is 0 Å². The second-order valence-electron chi connectivity index (χ2n) is 5.98. The van der Waals surface area contributed by atoms with Gasteiger partial charge >= 0.3 is 0 Å². The molecule has 0 spiro atoms. The summed E-state index contributed by atoms with van der Waals surface area (Å²) in [6.45, 7) is 11.9. The van der Waals surface area contributed by atoms with Gasteiger partial charge in [-0.25, -0.2) is 0 Å². The number of hydrogen-bond acceptors (Lipinski definition) is 4. The molecule has 5 atom stereocenters. The molecule has 0 aliphatic carbocycles. The van der Waals surface area contributed by atoms with E-state index in [-0.39, 0.29) is 24.1 Å². The molecule has 4 nitrogen and oxygen atoms in total. The number of hydrogen-bond donors (Lipinski definition) is 0. The summed E-state index contributed by atoms with van der Waals surface area (Å²) < 4.78 is 23.8. The van der Waals surface area contributed by atoms with Crippen molar-refractivity contribution < 1.29 is 18.9 Å². The predicted octanol–water partition coefficient (Wildman–Crippen LogP) is 2.87. The van der Waals surface area contributed by atoms with Crippen LogP contribution in [-0.2, 0) is 18.9 Å². The first-order valence-corrected chi connectivity index (χ1v) is 7.07. The highest BCUT2D eigenvalue weighted by Gasteiger charge is 2.62. The van der Waals surface area contributed by atoms with E-state index < -0.39 is 5.79 Å². The van der Waals surface area contributed by atoms with Gasteiger partial charge in [0.1, 0.15) is 17.8 Å². The lowest BCUT2D eigenvalue weighted by molar-refractivity contribution is -0.252. The maximum atomic E-state index is 6.26. The topological polar surface area (TPSA) is 36.9 Å². The van der Waals surface area contributed by atoms with Gasteiger partial charge in [0.05, 0.1) is 0 Å². The van der Waals surface area contributed by atoms with Crippen LogP contribution in [0.15, 0.2) is 12.7 Å². The fourth-order valence-electron chi connectivity index (χ4n) is 3.43. The Kier molecular flexibility index (Phi) is 4.07. The first-order chi connectivity index (χ1) is 8.90. The molecule has 0 unspecified atom stereocenters. The molecule has 2 rings (SSSR count). The van der Waals surface area contributed by atoms with Crippen molar-refractivity contribution in [3.05, 3.63) is 12.7 Å². The van der Waals surface area contributed by atoms with Gasteiger partial charge in [-0.1, -0.05) is 19.9 Å². The van der Waals surface area contributed by atoms with E-state index in [9.17, 15) is 0 Å². The van der Waals surface area contributed by atoms with Gasteiger partial charge in [0, 0.05) is 7.11 Å². The zero-order valence-corrected chi connectivity index (χ0v) is 12.6. The summed E-state index contributed by atoms with van der Waals surface area (Å²) in [6, 6.07) is 0. The maximum absolute atomic E-state index is 6.26. The van der Waals surface area contributed by atoms with Gasteiger partial charge in [0.25, 0.3) is 0 Å². The van der Waals surface area contributed by atoms with Crippen LogP contribution in [0.5, 0.6) is 0 Å². The van der Waals surface area contributed by atoms with Crippen molar-refractivity contribution in [3.8, 4) is 0 Å². The van der Waals surface area contributed by atoms with Crippen LogP contribution in [0.2, 0.25) is 0 Å². The van der Waals surface area contributed by atoms with Crippen molar-refractivity contribution >= 4 is 0 Å². The minimum atomic E-state index is -0.603. The molecule has 0 aromatic rings. The first-order valence-electron chi connectivity index (χ1n) is 7.07. The van der Waals surface area contributed by atoms with Crippen LogP contribution < -0.4 is 0 Å². The third kappa shape index (κ3) is 2.35. The largest absolute Gasteiger partial charge is 0.376 e. The SMILES string of the molecule is C=CC[C@@H](C)[C@]1(CC)O[C@@H]2OC(C)(C)O[C@@H]2[C@@H]1OC. The quantitative estimate of drug-likeness (QED) is 0.720. The summed E-state index contributed by atoms with van der Waals surface area (Å²) in [5.41, 5.74) is -0.366. The van der Waals surface area contributed by atoms with Crippen molar-refractivity contribution in [2.75, 3.05) is 7.11 Å². The van der Waals surface area contributed by atoms with Crippen LogP contribution in [0.1, 0.15) is 40.5 Å². The molecule has 19 heavy (non-hydrogen) atoms. The summed E-state index contributed by atoms with van der Waals surface area (Å²) in [7, 11) is 1.72. The molecule has 4 heteroatoms. The molecule has 2 aliphatic heterocycles. The highest BCUT2D eigenvalue weighted by molar-refractivity contribution is 5.06. The highest BCUT2D eigenvalue weighted by atomic mass is 16.8. The van der Waals surface area contributed by atoms with Crippen LogP contribution in [-0.4, -0.2) is 37.0 Å². The van der Waals surface area contributed by atoms with E-state index in [1.807, 2.05) is 19.9 Å². The summed E-state index contributed by atoms with van der Waals surface area (Å²) in [5.74, 6) is -0.297. The normalized spacial score (nSPS) is 42.1. The van der Waals surface area contributed by atoms with Crippen molar-refractivity contribution in [2.45, 2.75) is 70.4 Å². The number of fused-ring (bicyclic) bond motifs is 1. The van der Waals surface area contributed by atoms with Gasteiger partial charge in [0.2, 0.25) is 0 Å². The van der Waals surface area contributed by atoms with Crippen LogP contribution in [0, 0.1) is 5.92 Å². The van der Waals surface area contributed by atoms with E-state index in [0.717, 1.165) is 12.8 Å². The molecule has 0 saturated carbocycles. The third-order valence-electron chi connectivity index (χ3n) is 4.36. The maximum Gasteiger partial charge on any atom is 0.190 e. The van der Waals surface area contributed by atoms with E-state index in [0.29, 0.717) is 5.92 Å². The van der Waals surface area contributed by atoms with Crippen LogP contribution in [0.3, 0.4) is 0 Å². The molecule has 0 aromatic heterocycles. The molecule has 2 aliphatic rings. The number of allylic oxidation sites excluding steroid dienone is 1. The highest BCUT2D eigenvalue weighted by Crippen LogP contribution is 2.48. The lowest BCUT2D eigenvalue weighted by Gasteiger charge is -2.39. The van der Waals surface area contributed by atoms with Gasteiger partial charge in [0.15, 0.2) is 12.1 Å². The van der Waals surface area contributed by atoms with Crippen LogP contribution in [0.4, 0.5) is 0 Å². The molecule has 0 N–H and O–H groups in total. The Bertz CT molecular complexity index is 341. The van der Waals surface area contributed by atoms with Gasteiger partial charge in [-0.2, -0.15) is 0 Å². The lowest BCUT2D eigenvalue weighted by Crippen LogP contribution is -2.50. The summed E-state index contributed by atoms with van der Waals surface area (Å²) >= 11 is 0. The molecular weight excluding hydrogens is 244 g/mol. The van der Waals surface area contributed by atoms with Gasteiger partial charge < -0.3 is 18.9 Å². The average Bonchev–Trinajstić information content (AvgIpc) is 2.78. The van der Waals surface area contributed by atoms with E-state index in [2.05, 4.69) is 20.4 Å². The minimum absolute atomic E-state index is 0.112. The molecule has 2 fully saturated rings. The Morgan fingerprint density at radius 2 is 2.00 bits per heavy atom. The van der Waals surface area contributed by atoms with Crippen molar-refractivity contribution in [2.24, 2.45) is 5.92 Å². The number of methoxy groups -OCH3 is 1. The second kappa shape index (κ2) is 5.17. The van der Waals surface area contributed by atoms with Gasteiger partial charge in [-0.15, -0.1) is 6.58 Å². The number of rotatable bonds is 5. The molecule has 0 aromatic carbocycles. The molecule has 0 radical (unpaired) electrons. The Labute approximate surface area is 116 Å². The van der Waals surface area contributed by atoms with Crippen molar-refractivity contribution in [3.63, 3.8) is 0 Å². The Morgan fingerprint density at radius 1 is 1.32 bits per heavy atom. The lowest BCUT2D eigenvalue weighted by atomic mass is 9.79. The predicted molar refractivity (Wildman–Crippen MR) is 72.7 cm³/mol. The van der Waals surface area contributed by atoms with E-state index in [1.165, 1.54) is 0 Å². The first kappa shape index (κ1) is 15.0. The number of ether oxygens (including phenoxy) is 4. The molecular formula is C15H26O4. The molecule has 0 bridgehead atoms. The average molecular weight is 270 g/mol. The van der Waals surface area contributed by atoms with Gasteiger partial charge in [-0.3, -0.25) is 0 Å². The molecule has 0 amide bonds. The minimum Gasteiger partial charge on any atom is -0.376 e. The van der Waals surface area contributed by atoms with Crippen molar-refractivity contribution in [1.82, 2.24) is 0 Å². The van der Waals surface area contributed by atoms with Gasteiger partial charge in [-0.05, 0) is 32.6 Å². The zero-order chi connectivity index (χ0) is 14.3. The zero-order valence-electron chi connectivity index (χ0n) is 12.6. The smallest absolute Gasteiger partial charge is 0.190 e. The van der Waals surface area contributed by atoms with Crippen LogP contribution >= 0.6 is 0 Å². The standard InChI is InChI=1S/C15H26O4/c1-7-9-10(3)15(8-2)12(16-6)11-13(19-15)18-14(4,5)17-11/h7,10-13H,1,8-9H2,2-6H3/t10-,11-,12+,13+,15+/m1/s1. The molecule has 2 heterocycles. The Hall–Kier alpha value is -0.420. The van der Waals surface area contributed by atoms with Crippen LogP contribution in [0.25, 0.3) is 0 Å². The Morgan fingerprint density at radius 3 is 2.53 bits per heavy atom. The molecule has 110 valence electrons. The van der Waals surface area contributed by atoms with E-state index >= 15 is 0 Å². The second-order valence-corrected chi connectivity index (χ2v) is 5.98.